The first-order valence-electron chi connectivity index (χ1n) is 5.38. The quantitative estimate of drug-likeness (QED) is 0.726. The second-order valence-corrected chi connectivity index (χ2v) is 4.18. The summed E-state index contributed by atoms with van der Waals surface area (Å²) in [7, 11) is 0. The Balaban J connectivity index is 2.25. The number of benzene rings is 2. The Morgan fingerprint density at radius 1 is 1.06 bits per heavy atom. The lowest BCUT2D eigenvalue weighted by molar-refractivity contribution is 0.440. The van der Waals surface area contributed by atoms with Crippen LogP contribution in [0.5, 0.6) is 11.5 Å². The van der Waals surface area contributed by atoms with E-state index in [2.05, 4.69) is 0 Å². The number of hydrogen-bond donors (Lipinski definition) is 0. The van der Waals surface area contributed by atoms with Gasteiger partial charge in [-0.1, -0.05) is 6.07 Å². The number of hydrogen-bond acceptors (Lipinski definition) is 1. The van der Waals surface area contributed by atoms with Crippen molar-refractivity contribution in [2.45, 2.75) is 12.8 Å². The average Bonchev–Trinajstić information content (AvgIpc) is 2.36. The first-order valence-corrected chi connectivity index (χ1v) is 5.92. The number of ether oxygens (including phenoxy) is 1. The van der Waals surface area contributed by atoms with E-state index in [9.17, 15) is 8.78 Å². The fourth-order valence-corrected chi connectivity index (χ4v) is 1.68. The van der Waals surface area contributed by atoms with Gasteiger partial charge in [-0.3, -0.25) is 0 Å². The van der Waals surface area contributed by atoms with Crippen molar-refractivity contribution in [1.82, 2.24) is 0 Å². The molecule has 0 heterocycles. The van der Waals surface area contributed by atoms with Gasteiger partial charge in [-0.15, -0.1) is 11.6 Å². The third-order valence-electron chi connectivity index (χ3n) is 2.51. The predicted octanol–water partition coefficient (Wildman–Crippen LogP) is 4.80. The van der Waals surface area contributed by atoms with E-state index in [0.29, 0.717) is 16.9 Å². The molecule has 18 heavy (non-hydrogen) atoms. The fraction of sp³-hybridized carbons (Fsp3) is 0.143. The van der Waals surface area contributed by atoms with Crippen LogP contribution in [0.2, 0.25) is 0 Å². The van der Waals surface area contributed by atoms with Crippen LogP contribution in [0, 0.1) is 18.6 Å². The highest BCUT2D eigenvalue weighted by atomic mass is 35.5. The molecular formula is C14H11ClF2O. The van der Waals surface area contributed by atoms with Crippen molar-refractivity contribution in [3.05, 3.63) is 59.2 Å². The lowest BCUT2D eigenvalue weighted by Gasteiger charge is -2.08. The van der Waals surface area contributed by atoms with Crippen LogP contribution in [0.3, 0.4) is 0 Å². The second kappa shape index (κ2) is 5.36. The predicted molar refractivity (Wildman–Crippen MR) is 67.2 cm³/mol. The molecule has 0 bridgehead atoms. The van der Waals surface area contributed by atoms with E-state index in [0.717, 1.165) is 0 Å². The van der Waals surface area contributed by atoms with Crippen LogP contribution < -0.4 is 4.74 Å². The van der Waals surface area contributed by atoms with Crippen molar-refractivity contribution < 1.29 is 13.5 Å². The number of alkyl halides is 1. The number of halogens is 3. The van der Waals surface area contributed by atoms with E-state index in [-0.39, 0.29) is 17.4 Å². The van der Waals surface area contributed by atoms with Crippen LogP contribution in [0.1, 0.15) is 11.1 Å². The first kappa shape index (κ1) is 12.8. The Morgan fingerprint density at radius 3 is 2.44 bits per heavy atom. The highest BCUT2D eigenvalue weighted by Crippen LogP contribution is 2.26. The number of rotatable bonds is 3. The molecular weight excluding hydrogens is 258 g/mol. The molecule has 0 spiro atoms. The normalized spacial score (nSPS) is 10.4. The minimum atomic E-state index is -0.491. The second-order valence-electron chi connectivity index (χ2n) is 3.91. The maximum Gasteiger partial charge on any atom is 0.166 e. The van der Waals surface area contributed by atoms with E-state index in [1.807, 2.05) is 0 Å². The van der Waals surface area contributed by atoms with Crippen molar-refractivity contribution in [3.8, 4) is 11.5 Å². The van der Waals surface area contributed by atoms with E-state index in [1.165, 1.54) is 30.3 Å². The minimum Gasteiger partial charge on any atom is -0.454 e. The van der Waals surface area contributed by atoms with Gasteiger partial charge in [0.05, 0.1) is 0 Å². The third kappa shape index (κ3) is 2.79. The number of aryl methyl sites for hydroxylation is 1. The van der Waals surface area contributed by atoms with Crippen molar-refractivity contribution in [2.75, 3.05) is 0 Å². The Kier molecular flexibility index (Phi) is 3.82. The van der Waals surface area contributed by atoms with Gasteiger partial charge in [-0.05, 0) is 48.4 Å². The van der Waals surface area contributed by atoms with Crippen molar-refractivity contribution in [3.63, 3.8) is 0 Å². The Labute approximate surface area is 109 Å². The molecule has 1 nitrogen and oxygen atoms in total. The van der Waals surface area contributed by atoms with Gasteiger partial charge in [0.15, 0.2) is 11.6 Å². The topological polar surface area (TPSA) is 9.23 Å². The zero-order valence-corrected chi connectivity index (χ0v) is 10.5. The monoisotopic (exact) mass is 268 g/mol. The summed E-state index contributed by atoms with van der Waals surface area (Å²) in [5.74, 6) is -0.0796. The van der Waals surface area contributed by atoms with Crippen LogP contribution in [0.4, 0.5) is 8.78 Å². The van der Waals surface area contributed by atoms with Crippen molar-refractivity contribution in [1.29, 1.82) is 0 Å². The summed E-state index contributed by atoms with van der Waals surface area (Å²) >= 11 is 5.60. The molecule has 94 valence electrons. The maximum atomic E-state index is 13.6. The molecule has 0 aromatic heterocycles. The lowest BCUT2D eigenvalue weighted by Crippen LogP contribution is -1.91. The summed E-state index contributed by atoms with van der Waals surface area (Å²) in [5, 5.41) is 0. The molecule has 0 radical (unpaired) electrons. The van der Waals surface area contributed by atoms with Crippen molar-refractivity contribution in [2.24, 2.45) is 0 Å². The van der Waals surface area contributed by atoms with Gasteiger partial charge in [0.2, 0.25) is 0 Å². The van der Waals surface area contributed by atoms with Gasteiger partial charge in [0, 0.05) is 5.88 Å². The largest absolute Gasteiger partial charge is 0.454 e. The SMILES string of the molecule is Cc1cc(Oc2ccc(CCl)cc2F)ccc1F. The molecule has 0 unspecified atom stereocenters. The zero-order valence-electron chi connectivity index (χ0n) is 9.71. The summed E-state index contributed by atoms with van der Waals surface area (Å²) in [5.41, 5.74) is 1.13. The molecule has 4 heteroatoms. The summed E-state index contributed by atoms with van der Waals surface area (Å²) in [4.78, 5) is 0. The smallest absolute Gasteiger partial charge is 0.166 e. The van der Waals surface area contributed by atoms with Gasteiger partial charge in [-0.2, -0.15) is 0 Å². The van der Waals surface area contributed by atoms with E-state index in [1.54, 1.807) is 13.0 Å². The Hall–Kier alpha value is -1.61. The molecule has 2 rings (SSSR count). The van der Waals surface area contributed by atoms with E-state index < -0.39 is 5.82 Å². The molecule has 0 fully saturated rings. The van der Waals surface area contributed by atoms with Crippen LogP contribution in [0.25, 0.3) is 0 Å². The fourth-order valence-electron chi connectivity index (χ4n) is 1.52. The minimum absolute atomic E-state index is 0.0925. The Bertz CT molecular complexity index is 570. The van der Waals surface area contributed by atoms with E-state index >= 15 is 0 Å². The molecule has 0 aliphatic heterocycles. The summed E-state index contributed by atoms with van der Waals surface area (Å²) in [6, 6.07) is 8.77. The van der Waals surface area contributed by atoms with Crippen LogP contribution in [0.15, 0.2) is 36.4 Å². The van der Waals surface area contributed by atoms with Crippen LogP contribution in [-0.2, 0) is 5.88 Å². The van der Waals surface area contributed by atoms with Crippen molar-refractivity contribution >= 4 is 11.6 Å². The van der Waals surface area contributed by atoms with Gasteiger partial charge < -0.3 is 4.74 Å². The van der Waals surface area contributed by atoms with E-state index in [4.69, 9.17) is 16.3 Å². The molecule has 0 saturated carbocycles. The van der Waals surface area contributed by atoms with Gasteiger partial charge in [0.25, 0.3) is 0 Å². The molecule has 0 aliphatic carbocycles. The molecule has 0 saturated heterocycles. The van der Waals surface area contributed by atoms with Gasteiger partial charge >= 0.3 is 0 Å². The summed E-state index contributed by atoms with van der Waals surface area (Å²) in [6.45, 7) is 1.62. The summed E-state index contributed by atoms with van der Waals surface area (Å²) in [6.07, 6.45) is 0. The zero-order chi connectivity index (χ0) is 13.1. The van der Waals surface area contributed by atoms with Crippen LogP contribution in [-0.4, -0.2) is 0 Å². The molecule has 2 aromatic carbocycles. The highest BCUT2D eigenvalue weighted by molar-refractivity contribution is 6.17. The average molecular weight is 269 g/mol. The van der Waals surface area contributed by atoms with Gasteiger partial charge in [0.1, 0.15) is 11.6 Å². The molecule has 0 amide bonds. The summed E-state index contributed by atoms with van der Waals surface area (Å²) < 4.78 is 32.1. The standard InChI is InChI=1S/C14H11ClF2O/c1-9-6-11(3-4-12(9)16)18-14-5-2-10(8-15)7-13(14)17/h2-7H,8H2,1H3. The Morgan fingerprint density at radius 2 is 1.83 bits per heavy atom. The maximum absolute atomic E-state index is 13.6. The first-order chi connectivity index (χ1) is 8.60. The lowest BCUT2D eigenvalue weighted by atomic mass is 10.2. The highest BCUT2D eigenvalue weighted by Gasteiger charge is 2.07. The molecule has 0 aliphatic rings. The molecule has 0 atom stereocenters. The van der Waals surface area contributed by atoms with Crippen LogP contribution >= 0.6 is 11.6 Å². The molecule has 2 aromatic rings. The molecule has 0 N–H and O–H groups in total. The van der Waals surface area contributed by atoms with Gasteiger partial charge in [-0.25, -0.2) is 8.78 Å². The third-order valence-corrected chi connectivity index (χ3v) is 2.82.